The topological polar surface area (TPSA) is 155 Å². The second kappa shape index (κ2) is 8.84. The fraction of sp³-hybridized carbons (Fsp3) is 0.611. The lowest BCUT2D eigenvalue weighted by atomic mass is 9.90. The molecule has 8 heteroatoms. The number of aliphatic imine (C=N–C) groups is 2. The summed E-state index contributed by atoms with van der Waals surface area (Å²) >= 11 is 0. The molecule has 1 heterocycles. The van der Waals surface area contributed by atoms with Gasteiger partial charge in [0.05, 0.1) is 11.8 Å². The number of dihydropyridines is 1. The Kier molecular flexibility index (Phi) is 6.79. The molecule has 144 valence electrons. The Labute approximate surface area is 154 Å². The Morgan fingerprint density at radius 2 is 2.08 bits per heavy atom. The predicted molar refractivity (Wildman–Crippen MR) is 105 cm³/mol. The van der Waals surface area contributed by atoms with Crippen LogP contribution in [0.3, 0.4) is 0 Å². The summed E-state index contributed by atoms with van der Waals surface area (Å²) in [6, 6.07) is -1.20. The molecule has 1 aliphatic heterocycles. The molecule has 4 atom stereocenters. The van der Waals surface area contributed by atoms with Gasteiger partial charge in [0, 0.05) is 24.0 Å². The Morgan fingerprint density at radius 3 is 2.69 bits per heavy atom. The first-order valence-electron chi connectivity index (χ1n) is 9.10. The van der Waals surface area contributed by atoms with Crippen molar-refractivity contribution in [3.05, 3.63) is 23.5 Å². The normalized spacial score (nSPS) is 30.2. The molecule has 0 bridgehead atoms. The number of primary amides is 1. The average Bonchev–Trinajstić information content (AvgIpc) is 2.56. The maximum absolute atomic E-state index is 11.7. The second-order valence-corrected chi connectivity index (χ2v) is 7.25. The van der Waals surface area contributed by atoms with Crippen LogP contribution in [0.2, 0.25) is 0 Å². The Hall–Kier alpha value is -2.35. The minimum Gasteiger partial charge on any atom is -0.579 e. The van der Waals surface area contributed by atoms with Gasteiger partial charge < -0.3 is 27.6 Å². The van der Waals surface area contributed by atoms with E-state index in [0.29, 0.717) is 5.70 Å². The van der Waals surface area contributed by atoms with Crippen molar-refractivity contribution in [2.45, 2.75) is 63.7 Å². The zero-order valence-corrected chi connectivity index (χ0v) is 15.5. The van der Waals surface area contributed by atoms with Gasteiger partial charge in [0.25, 0.3) is 0 Å². The molecule has 0 radical (unpaired) electrons. The summed E-state index contributed by atoms with van der Waals surface area (Å²) in [5.74, 6) is -0.467. The van der Waals surface area contributed by atoms with Crippen LogP contribution >= 0.6 is 0 Å². The third kappa shape index (κ3) is 5.32. The summed E-state index contributed by atoms with van der Waals surface area (Å²) in [6.45, 7) is 3.87. The van der Waals surface area contributed by atoms with Crippen LogP contribution in [0.25, 0.3) is 0 Å². The molecule has 8 nitrogen and oxygen atoms in total. The van der Waals surface area contributed by atoms with E-state index >= 15 is 0 Å². The monoisotopic (exact) mass is 363 g/mol. The van der Waals surface area contributed by atoms with E-state index in [9.17, 15) is 4.79 Å². The number of hydrogen-bond donors (Lipinski definition) is 4. The van der Waals surface area contributed by atoms with Crippen LogP contribution in [0.4, 0.5) is 0 Å². The van der Waals surface area contributed by atoms with Crippen LogP contribution in [-0.4, -0.2) is 47.3 Å². The number of nitrogens with two attached hydrogens (primary N) is 3. The molecule has 1 amide bonds. The molecule has 1 fully saturated rings. The van der Waals surface area contributed by atoms with Crippen molar-refractivity contribution < 1.29 is 9.90 Å². The van der Waals surface area contributed by atoms with Gasteiger partial charge in [-0.1, -0.05) is 26.7 Å². The maximum atomic E-state index is 11.7. The zero-order valence-electron chi connectivity index (χ0n) is 15.5. The van der Waals surface area contributed by atoms with E-state index in [1.54, 1.807) is 12.3 Å². The van der Waals surface area contributed by atoms with Gasteiger partial charge in [-0.3, -0.25) is 9.79 Å². The lowest BCUT2D eigenvalue weighted by Gasteiger charge is -2.31. The van der Waals surface area contributed by atoms with Gasteiger partial charge >= 0.3 is 5.90 Å². The van der Waals surface area contributed by atoms with Crippen LogP contribution in [-0.2, 0) is 4.79 Å². The quantitative estimate of drug-likeness (QED) is 0.289. The molecule has 26 heavy (non-hydrogen) atoms. The third-order valence-electron chi connectivity index (χ3n) is 4.77. The summed E-state index contributed by atoms with van der Waals surface area (Å²) in [5.41, 5.74) is 18.8. The molecule has 1 saturated carbocycles. The van der Waals surface area contributed by atoms with E-state index in [2.05, 4.69) is 15.3 Å². The highest BCUT2D eigenvalue weighted by Crippen LogP contribution is 2.19. The lowest BCUT2D eigenvalue weighted by molar-refractivity contribution is -0.119. The average molecular weight is 363 g/mol. The van der Waals surface area contributed by atoms with E-state index in [0.717, 1.165) is 31.4 Å². The predicted octanol–water partition coefficient (Wildman–Crippen LogP) is -0.342. The van der Waals surface area contributed by atoms with Crippen molar-refractivity contribution in [2.75, 3.05) is 0 Å². The SMILES string of the molecule is CC(C)C(N)=CC([OH2+])=NC1C=C(N[C@@H]2CCCC[C@@H]2N)C=NC1C(N)=O. The van der Waals surface area contributed by atoms with Crippen molar-refractivity contribution in [1.29, 1.82) is 0 Å². The van der Waals surface area contributed by atoms with E-state index in [4.69, 9.17) is 22.3 Å². The largest absolute Gasteiger partial charge is 0.579 e. The van der Waals surface area contributed by atoms with E-state index in [1.165, 1.54) is 6.08 Å². The van der Waals surface area contributed by atoms with Crippen molar-refractivity contribution >= 4 is 18.0 Å². The molecule has 2 aliphatic rings. The molecule has 9 N–H and O–H groups in total. The van der Waals surface area contributed by atoms with Crippen molar-refractivity contribution in [3.63, 3.8) is 0 Å². The van der Waals surface area contributed by atoms with Crippen molar-refractivity contribution in [1.82, 2.24) is 5.32 Å². The van der Waals surface area contributed by atoms with Crippen LogP contribution < -0.4 is 22.5 Å². The standard InChI is InChI=1S/C18H30N6O2/c1-10(2)13(20)8-16(25)24-15-7-11(9-22-17(15)18(21)26)23-14-6-4-3-5-12(14)19/h7-10,12,14-15,17,23H,3-6,19-20H2,1-2H3,(H2,21,26)(H,24,25)/p+1/t12-,14+,15?,17?/m0/s1. The Balaban J connectivity index is 2.19. The minimum atomic E-state index is -0.824. The molecule has 0 spiro atoms. The van der Waals surface area contributed by atoms with Gasteiger partial charge in [-0.2, -0.15) is 4.99 Å². The molecule has 0 saturated heterocycles. The van der Waals surface area contributed by atoms with Crippen LogP contribution in [0.1, 0.15) is 39.5 Å². The van der Waals surface area contributed by atoms with Crippen LogP contribution in [0.5, 0.6) is 0 Å². The summed E-state index contributed by atoms with van der Waals surface area (Å²) in [4.78, 5) is 20.2. The fourth-order valence-corrected chi connectivity index (χ4v) is 3.08. The van der Waals surface area contributed by atoms with Crippen molar-refractivity contribution in [2.24, 2.45) is 33.1 Å². The third-order valence-corrected chi connectivity index (χ3v) is 4.77. The number of carbonyl (C=O) groups excluding carboxylic acids is 1. The number of allylic oxidation sites excluding steroid dienone is 2. The second-order valence-electron chi connectivity index (χ2n) is 7.25. The fourth-order valence-electron chi connectivity index (χ4n) is 3.08. The molecule has 0 aromatic heterocycles. The molecule has 2 unspecified atom stereocenters. The summed E-state index contributed by atoms with van der Waals surface area (Å²) in [6.07, 6.45) is 9.16. The Bertz CT molecular complexity index is 638. The molecule has 0 aromatic carbocycles. The molecule has 2 rings (SSSR count). The Morgan fingerprint density at radius 1 is 1.38 bits per heavy atom. The van der Waals surface area contributed by atoms with Gasteiger partial charge in [0.15, 0.2) is 6.04 Å². The first-order chi connectivity index (χ1) is 12.3. The maximum Gasteiger partial charge on any atom is 0.354 e. The number of nitrogens with one attached hydrogen (secondary N) is 1. The highest BCUT2D eigenvalue weighted by atomic mass is 16.3. The number of hydrogen-bond acceptors (Lipinski definition) is 6. The number of amides is 1. The molecular formula is C18H31N6O2+. The number of carbonyl (C=O) groups is 1. The summed E-state index contributed by atoms with van der Waals surface area (Å²) < 4.78 is 0. The van der Waals surface area contributed by atoms with Crippen LogP contribution in [0.15, 0.2) is 33.5 Å². The van der Waals surface area contributed by atoms with Gasteiger partial charge in [0.2, 0.25) is 5.91 Å². The van der Waals surface area contributed by atoms with Crippen LogP contribution in [0, 0.1) is 5.92 Å². The molecule has 0 aromatic rings. The lowest BCUT2D eigenvalue weighted by Crippen LogP contribution is -2.48. The van der Waals surface area contributed by atoms with E-state index in [-0.39, 0.29) is 23.9 Å². The minimum absolute atomic E-state index is 0.00508. The zero-order chi connectivity index (χ0) is 19.3. The first kappa shape index (κ1) is 20.0. The number of nitrogens with zero attached hydrogens (tertiary/aromatic N) is 2. The van der Waals surface area contributed by atoms with E-state index < -0.39 is 18.0 Å². The summed E-state index contributed by atoms with van der Waals surface area (Å²) in [7, 11) is 0. The van der Waals surface area contributed by atoms with Gasteiger partial charge in [-0.25, -0.2) is 0 Å². The highest BCUT2D eigenvalue weighted by molar-refractivity contribution is 5.90. The number of rotatable bonds is 6. The molecule has 1 aliphatic carbocycles. The highest BCUT2D eigenvalue weighted by Gasteiger charge is 2.29. The molecular weight excluding hydrogens is 332 g/mol. The van der Waals surface area contributed by atoms with E-state index in [1.807, 2.05) is 13.8 Å². The van der Waals surface area contributed by atoms with Gasteiger partial charge in [-0.05, 0) is 24.8 Å². The van der Waals surface area contributed by atoms with Gasteiger partial charge in [-0.15, -0.1) is 0 Å². The summed E-state index contributed by atoms with van der Waals surface area (Å²) in [5, 5.41) is 11.4. The smallest absolute Gasteiger partial charge is 0.354 e. The van der Waals surface area contributed by atoms with Crippen molar-refractivity contribution in [3.8, 4) is 0 Å². The first-order valence-corrected chi connectivity index (χ1v) is 9.10. The van der Waals surface area contributed by atoms with Gasteiger partial charge in [0.1, 0.15) is 6.04 Å².